The number of aliphatic hydroxyl groups is 1. The van der Waals surface area contributed by atoms with Crippen molar-refractivity contribution in [3.05, 3.63) is 28.5 Å². The normalized spacial score (nSPS) is 20.1. The van der Waals surface area contributed by atoms with E-state index in [2.05, 4.69) is 20.9 Å². The second kappa shape index (κ2) is 4.93. The maximum absolute atomic E-state index is 12.0. The molecule has 1 N–H and O–H groups in total. The second-order valence-electron chi connectivity index (χ2n) is 3.93. The van der Waals surface area contributed by atoms with Gasteiger partial charge in [0.1, 0.15) is 10.3 Å². The van der Waals surface area contributed by atoms with Crippen molar-refractivity contribution in [2.75, 3.05) is 19.7 Å². The Bertz CT molecular complexity index is 397. The molecule has 0 aliphatic carbocycles. The van der Waals surface area contributed by atoms with Gasteiger partial charge in [0.2, 0.25) is 0 Å². The number of hydrogen-bond acceptors (Lipinski definition) is 3. The van der Waals surface area contributed by atoms with Crippen molar-refractivity contribution in [1.82, 2.24) is 9.88 Å². The van der Waals surface area contributed by atoms with E-state index in [1.165, 1.54) is 0 Å². The first-order valence-corrected chi connectivity index (χ1v) is 6.02. The van der Waals surface area contributed by atoms with Gasteiger partial charge in [0.05, 0.1) is 0 Å². The number of nitrogens with zero attached hydrogens (tertiary/aromatic N) is 2. The largest absolute Gasteiger partial charge is 0.396 e. The number of carbonyl (C=O) groups is 1. The third-order valence-electron chi connectivity index (χ3n) is 2.77. The fraction of sp³-hybridized carbons (Fsp3) is 0.455. The molecule has 1 fully saturated rings. The molecule has 5 heteroatoms. The molecule has 0 spiro atoms. The number of pyridine rings is 1. The monoisotopic (exact) mass is 284 g/mol. The highest BCUT2D eigenvalue weighted by Crippen LogP contribution is 2.18. The molecule has 2 rings (SSSR count). The zero-order valence-corrected chi connectivity index (χ0v) is 10.4. The van der Waals surface area contributed by atoms with Crippen molar-refractivity contribution < 1.29 is 9.90 Å². The Morgan fingerprint density at radius 2 is 2.44 bits per heavy atom. The zero-order chi connectivity index (χ0) is 11.5. The molecular formula is C11H13BrN2O2. The van der Waals surface area contributed by atoms with Crippen molar-refractivity contribution in [2.45, 2.75) is 6.42 Å². The fourth-order valence-electron chi connectivity index (χ4n) is 1.86. The molecule has 0 saturated carbocycles. The lowest BCUT2D eigenvalue weighted by Crippen LogP contribution is -2.29. The molecule has 1 saturated heterocycles. The van der Waals surface area contributed by atoms with Gasteiger partial charge in [-0.25, -0.2) is 4.98 Å². The van der Waals surface area contributed by atoms with E-state index in [-0.39, 0.29) is 18.4 Å². The molecule has 1 atom stereocenters. The van der Waals surface area contributed by atoms with Gasteiger partial charge in [0, 0.05) is 25.6 Å². The standard InChI is InChI=1S/C11H13BrN2O2/c12-10-3-1-2-9(13-10)11(16)14-5-4-8(6-14)7-15/h1-3,8,15H,4-7H2. The predicted molar refractivity (Wildman–Crippen MR) is 63.0 cm³/mol. The second-order valence-corrected chi connectivity index (χ2v) is 4.75. The van der Waals surface area contributed by atoms with E-state index in [1.54, 1.807) is 23.1 Å². The summed E-state index contributed by atoms with van der Waals surface area (Å²) in [7, 11) is 0. The molecule has 0 aromatic carbocycles. The summed E-state index contributed by atoms with van der Waals surface area (Å²) in [6.45, 7) is 1.48. The van der Waals surface area contributed by atoms with Crippen LogP contribution < -0.4 is 0 Å². The Morgan fingerprint density at radius 1 is 1.62 bits per heavy atom. The summed E-state index contributed by atoms with van der Waals surface area (Å²) in [5.41, 5.74) is 0.452. The van der Waals surface area contributed by atoms with E-state index in [4.69, 9.17) is 5.11 Å². The van der Waals surface area contributed by atoms with Crippen LogP contribution in [0.5, 0.6) is 0 Å². The number of aliphatic hydroxyl groups excluding tert-OH is 1. The van der Waals surface area contributed by atoms with E-state index in [0.717, 1.165) is 6.42 Å². The van der Waals surface area contributed by atoms with Crippen LogP contribution in [0.25, 0.3) is 0 Å². The minimum absolute atomic E-state index is 0.0581. The predicted octanol–water partition coefficient (Wildman–Crippen LogP) is 1.30. The van der Waals surface area contributed by atoms with E-state index in [0.29, 0.717) is 23.4 Å². The van der Waals surface area contributed by atoms with E-state index >= 15 is 0 Å². The fourth-order valence-corrected chi connectivity index (χ4v) is 2.20. The van der Waals surface area contributed by atoms with Gasteiger partial charge in [-0.1, -0.05) is 6.07 Å². The molecule has 16 heavy (non-hydrogen) atoms. The molecule has 1 amide bonds. The van der Waals surface area contributed by atoms with Crippen LogP contribution in [0.1, 0.15) is 16.9 Å². The van der Waals surface area contributed by atoms with Crippen LogP contribution in [0.4, 0.5) is 0 Å². The number of hydrogen-bond donors (Lipinski definition) is 1. The van der Waals surface area contributed by atoms with Crippen LogP contribution in [-0.2, 0) is 0 Å². The lowest BCUT2D eigenvalue weighted by atomic mass is 10.1. The zero-order valence-electron chi connectivity index (χ0n) is 8.77. The Morgan fingerprint density at radius 3 is 3.06 bits per heavy atom. The summed E-state index contributed by atoms with van der Waals surface area (Å²) in [5, 5.41) is 9.02. The van der Waals surface area contributed by atoms with E-state index in [1.807, 2.05) is 0 Å². The maximum Gasteiger partial charge on any atom is 0.272 e. The first-order valence-electron chi connectivity index (χ1n) is 5.23. The van der Waals surface area contributed by atoms with Gasteiger partial charge in [0.15, 0.2) is 0 Å². The third-order valence-corrected chi connectivity index (χ3v) is 3.21. The molecule has 4 nitrogen and oxygen atoms in total. The SMILES string of the molecule is O=C(c1cccc(Br)n1)N1CCC(CO)C1. The molecule has 1 aliphatic heterocycles. The van der Waals surface area contributed by atoms with E-state index in [9.17, 15) is 4.79 Å². The number of rotatable bonds is 2. The lowest BCUT2D eigenvalue weighted by molar-refractivity contribution is 0.0776. The summed E-state index contributed by atoms with van der Waals surface area (Å²) >= 11 is 3.24. The Hall–Kier alpha value is -0.940. The van der Waals surface area contributed by atoms with Crippen LogP contribution in [0, 0.1) is 5.92 Å². The number of amides is 1. The van der Waals surface area contributed by atoms with Gasteiger partial charge >= 0.3 is 0 Å². The van der Waals surface area contributed by atoms with Crippen LogP contribution in [0.15, 0.2) is 22.8 Å². The smallest absolute Gasteiger partial charge is 0.272 e. The lowest BCUT2D eigenvalue weighted by Gasteiger charge is -2.15. The van der Waals surface area contributed by atoms with Gasteiger partial charge in [-0.15, -0.1) is 0 Å². The summed E-state index contributed by atoms with van der Waals surface area (Å²) in [6, 6.07) is 5.29. The van der Waals surface area contributed by atoms with Crippen molar-refractivity contribution in [3.8, 4) is 0 Å². The Kier molecular flexibility index (Phi) is 3.56. The molecule has 0 radical (unpaired) electrons. The Balaban J connectivity index is 2.08. The van der Waals surface area contributed by atoms with Crippen molar-refractivity contribution in [2.24, 2.45) is 5.92 Å². The number of likely N-dealkylation sites (tertiary alicyclic amines) is 1. The van der Waals surface area contributed by atoms with Gasteiger partial charge in [0.25, 0.3) is 5.91 Å². The number of aromatic nitrogens is 1. The van der Waals surface area contributed by atoms with Gasteiger partial charge in [-0.2, -0.15) is 0 Å². The highest BCUT2D eigenvalue weighted by molar-refractivity contribution is 9.10. The molecule has 1 aromatic rings. The Labute approximate surface area is 102 Å². The highest BCUT2D eigenvalue weighted by Gasteiger charge is 2.26. The summed E-state index contributed by atoms with van der Waals surface area (Å²) in [4.78, 5) is 17.9. The van der Waals surface area contributed by atoms with Gasteiger partial charge in [-0.3, -0.25) is 4.79 Å². The molecule has 2 heterocycles. The topological polar surface area (TPSA) is 53.4 Å². The van der Waals surface area contributed by atoms with Crippen LogP contribution in [0.2, 0.25) is 0 Å². The number of carbonyl (C=O) groups excluding carboxylic acids is 1. The average Bonchev–Trinajstić information content (AvgIpc) is 2.76. The van der Waals surface area contributed by atoms with Crippen molar-refractivity contribution in [1.29, 1.82) is 0 Å². The quantitative estimate of drug-likeness (QED) is 0.833. The number of halogens is 1. The first kappa shape index (κ1) is 11.5. The molecule has 1 aromatic heterocycles. The van der Waals surface area contributed by atoms with Crippen molar-refractivity contribution in [3.63, 3.8) is 0 Å². The summed E-state index contributed by atoms with van der Waals surface area (Å²) < 4.78 is 0.663. The highest BCUT2D eigenvalue weighted by atomic mass is 79.9. The summed E-state index contributed by atoms with van der Waals surface area (Å²) in [6.07, 6.45) is 0.871. The molecule has 1 unspecified atom stereocenters. The molecular weight excluding hydrogens is 272 g/mol. The third kappa shape index (κ3) is 2.41. The minimum Gasteiger partial charge on any atom is -0.396 e. The first-order chi connectivity index (χ1) is 7.70. The average molecular weight is 285 g/mol. The molecule has 0 bridgehead atoms. The van der Waals surface area contributed by atoms with Gasteiger partial charge < -0.3 is 10.0 Å². The molecule has 86 valence electrons. The van der Waals surface area contributed by atoms with E-state index < -0.39 is 0 Å². The summed E-state index contributed by atoms with van der Waals surface area (Å²) in [5.74, 6) is 0.161. The molecule has 1 aliphatic rings. The van der Waals surface area contributed by atoms with Crippen LogP contribution in [0.3, 0.4) is 0 Å². The minimum atomic E-state index is -0.0581. The van der Waals surface area contributed by atoms with Crippen molar-refractivity contribution >= 4 is 21.8 Å². The van der Waals surface area contributed by atoms with Gasteiger partial charge in [-0.05, 0) is 34.5 Å². The van der Waals surface area contributed by atoms with Crippen LogP contribution >= 0.6 is 15.9 Å². The maximum atomic E-state index is 12.0. The van der Waals surface area contributed by atoms with Crippen LogP contribution in [-0.4, -0.2) is 40.6 Å².